The maximum atomic E-state index is 5.87. The van der Waals surface area contributed by atoms with E-state index in [2.05, 4.69) is 15.9 Å². The number of halogens is 3. The Kier molecular flexibility index (Phi) is 3.69. The second kappa shape index (κ2) is 4.35. The average molecular weight is 270 g/mol. The zero-order valence-corrected chi connectivity index (χ0v) is 9.50. The van der Waals surface area contributed by atoms with E-state index in [0.717, 1.165) is 4.47 Å². The van der Waals surface area contributed by atoms with Gasteiger partial charge in [-0.1, -0.05) is 39.1 Å². The van der Waals surface area contributed by atoms with E-state index in [1.807, 2.05) is 6.92 Å². The van der Waals surface area contributed by atoms with Crippen LogP contribution < -0.4 is 4.74 Å². The molecule has 0 aliphatic rings. The molecule has 0 atom stereocenters. The molecule has 0 unspecified atom stereocenters. The third kappa shape index (κ3) is 2.28. The second-order valence-corrected chi connectivity index (χ2v) is 3.86. The van der Waals surface area contributed by atoms with Gasteiger partial charge >= 0.3 is 0 Å². The molecule has 12 heavy (non-hydrogen) atoms. The molecule has 0 N–H and O–H groups in total. The topological polar surface area (TPSA) is 9.23 Å². The van der Waals surface area contributed by atoms with E-state index in [1.54, 1.807) is 12.1 Å². The first-order valence-electron chi connectivity index (χ1n) is 3.42. The fourth-order valence-electron chi connectivity index (χ4n) is 0.811. The fourth-order valence-corrected chi connectivity index (χ4v) is 2.13. The van der Waals surface area contributed by atoms with E-state index in [1.165, 1.54) is 0 Å². The minimum absolute atomic E-state index is 0.524. The summed E-state index contributed by atoms with van der Waals surface area (Å²) in [6.45, 7) is 2.44. The molecule has 0 aliphatic carbocycles. The van der Waals surface area contributed by atoms with Crippen LogP contribution in [-0.4, -0.2) is 6.61 Å². The third-order valence-corrected chi connectivity index (χ3v) is 2.27. The zero-order valence-electron chi connectivity index (χ0n) is 6.40. The molecule has 0 aliphatic heterocycles. The van der Waals surface area contributed by atoms with Gasteiger partial charge in [0.25, 0.3) is 0 Å². The Bertz CT molecular complexity index is 265. The predicted molar refractivity (Wildman–Crippen MR) is 55.3 cm³/mol. The van der Waals surface area contributed by atoms with E-state index in [4.69, 9.17) is 27.9 Å². The van der Waals surface area contributed by atoms with Crippen molar-refractivity contribution in [3.8, 4) is 5.75 Å². The molecule has 0 saturated carbocycles. The second-order valence-electron chi connectivity index (χ2n) is 2.13. The molecule has 0 saturated heterocycles. The van der Waals surface area contributed by atoms with Crippen molar-refractivity contribution in [3.05, 3.63) is 26.7 Å². The maximum Gasteiger partial charge on any atom is 0.156 e. The Balaban J connectivity index is 3.10. The summed E-state index contributed by atoms with van der Waals surface area (Å²) >= 11 is 15.0. The van der Waals surface area contributed by atoms with Gasteiger partial charge in [0.2, 0.25) is 0 Å². The van der Waals surface area contributed by atoms with Crippen molar-refractivity contribution in [2.45, 2.75) is 6.92 Å². The molecule has 1 aromatic rings. The first-order valence-corrected chi connectivity index (χ1v) is 4.97. The van der Waals surface area contributed by atoms with Crippen LogP contribution in [0.3, 0.4) is 0 Å². The summed E-state index contributed by atoms with van der Waals surface area (Å²) in [6, 6.07) is 3.50. The highest BCUT2D eigenvalue weighted by atomic mass is 79.9. The van der Waals surface area contributed by atoms with Gasteiger partial charge in [0.05, 0.1) is 16.7 Å². The van der Waals surface area contributed by atoms with Gasteiger partial charge in [-0.25, -0.2) is 0 Å². The maximum absolute atomic E-state index is 5.87. The molecule has 4 heteroatoms. The summed E-state index contributed by atoms with van der Waals surface area (Å²) in [5.41, 5.74) is 0. The van der Waals surface area contributed by atoms with E-state index >= 15 is 0 Å². The van der Waals surface area contributed by atoms with Crippen molar-refractivity contribution in [2.75, 3.05) is 6.61 Å². The van der Waals surface area contributed by atoms with Crippen molar-refractivity contribution in [1.29, 1.82) is 0 Å². The number of hydrogen-bond donors (Lipinski definition) is 0. The van der Waals surface area contributed by atoms with Gasteiger partial charge in [-0.15, -0.1) is 0 Å². The molecule has 1 nitrogen and oxygen atoms in total. The van der Waals surface area contributed by atoms with Gasteiger partial charge in [0.1, 0.15) is 0 Å². The Hall–Kier alpha value is 0.0800. The molecule has 1 aromatic carbocycles. The third-order valence-electron chi connectivity index (χ3n) is 1.25. The van der Waals surface area contributed by atoms with Crippen LogP contribution in [0, 0.1) is 0 Å². The summed E-state index contributed by atoms with van der Waals surface area (Å²) < 4.78 is 6.09. The van der Waals surface area contributed by atoms with Crippen molar-refractivity contribution in [1.82, 2.24) is 0 Å². The van der Waals surface area contributed by atoms with Crippen LogP contribution in [0.15, 0.2) is 16.6 Å². The first kappa shape index (κ1) is 10.2. The summed E-state index contributed by atoms with van der Waals surface area (Å²) in [5.74, 6) is 0.545. The van der Waals surface area contributed by atoms with E-state index in [0.29, 0.717) is 22.4 Å². The predicted octanol–water partition coefficient (Wildman–Crippen LogP) is 4.15. The fraction of sp³-hybridized carbons (Fsp3) is 0.250. The summed E-state index contributed by atoms with van der Waals surface area (Å²) in [6.07, 6.45) is 0. The van der Waals surface area contributed by atoms with Crippen LogP contribution in [-0.2, 0) is 0 Å². The lowest BCUT2D eigenvalue weighted by Gasteiger charge is -2.07. The monoisotopic (exact) mass is 268 g/mol. The molecule has 0 heterocycles. The lowest BCUT2D eigenvalue weighted by molar-refractivity contribution is 0.340. The van der Waals surface area contributed by atoms with Crippen LogP contribution in [0.25, 0.3) is 0 Å². The lowest BCUT2D eigenvalue weighted by Crippen LogP contribution is -1.92. The van der Waals surface area contributed by atoms with Gasteiger partial charge < -0.3 is 4.74 Å². The molecule has 1 rings (SSSR count). The van der Waals surface area contributed by atoms with Gasteiger partial charge in [-0.3, -0.25) is 0 Å². The van der Waals surface area contributed by atoms with Gasteiger partial charge in [-0.2, -0.15) is 0 Å². The standard InChI is InChI=1S/C8H7BrCl2O/c1-2-12-8-6(10)3-5(9)4-7(8)11/h3-4H,2H2,1H3. The minimum atomic E-state index is 0.524. The molecule has 0 aromatic heterocycles. The number of benzene rings is 1. The van der Waals surface area contributed by atoms with Crippen molar-refractivity contribution in [2.24, 2.45) is 0 Å². The largest absolute Gasteiger partial charge is 0.491 e. The van der Waals surface area contributed by atoms with Crippen molar-refractivity contribution < 1.29 is 4.74 Å². The number of ether oxygens (including phenoxy) is 1. The first-order chi connectivity index (χ1) is 5.65. The molecule has 0 radical (unpaired) electrons. The summed E-state index contributed by atoms with van der Waals surface area (Å²) in [4.78, 5) is 0. The number of hydrogen-bond acceptors (Lipinski definition) is 1. The van der Waals surface area contributed by atoms with Crippen molar-refractivity contribution >= 4 is 39.1 Å². The van der Waals surface area contributed by atoms with Crippen LogP contribution >= 0.6 is 39.1 Å². The Morgan fingerprint density at radius 2 is 1.83 bits per heavy atom. The Labute approximate surface area is 89.7 Å². The molecule has 66 valence electrons. The van der Waals surface area contributed by atoms with Crippen LogP contribution in [0.1, 0.15) is 6.92 Å². The zero-order chi connectivity index (χ0) is 9.14. The van der Waals surface area contributed by atoms with Crippen LogP contribution in [0.2, 0.25) is 10.0 Å². The Morgan fingerprint density at radius 3 is 2.25 bits per heavy atom. The molecular weight excluding hydrogens is 263 g/mol. The Morgan fingerprint density at radius 1 is 1.33 bits per heavy atom. The van der Waals surface area contributed by atoms with Gasteiger partial charge in [0, 0.05) is 4.47 Å². The van der Waals surface area contributed by atoms with E-state index in [9.17, 15) is 0 Å². The molecular formula is C8H7BrCl2O. The van der Waals surface area contributed by atoms with E-state index in [-0.39, 0.29) is 0 Å². The normalized spacial score (nSPS) is 10.0. The van der Waals surface area contributed by atoms with E-state index < -0.39 is 0 Å². The molecule has 0 fully saturated rings. The SMILES string of the molecule is CCOc1c(Cl)cc(Br)cc1Cl. The van der Waals surface area contributed by atoms with Crippen LogP contribution in [0.5, 0.6) is 5.75 Å². The lowest BCUT2D eigenvalue weighted by atomic mass is 10.3. The van der Waals surface area contributed by atoms with Crippen molar-refractivity contribution in [3.63, 3.8) is 0 Å². The summed E-state index contributed by atoms with van der Waals surface area (Å²) in [5, 5.41) is 1.05. The minimum Gasteiger partial charge on any atom is -0.491 e. The number of rotatable bonds is 2. The highest BCUT2D eigenvalue weighted by Crippen LogP contribution is 2.35. The smallest absolute Gasteiger partial charge is 0.156 e. The van der Waals surface area contributed by atoms with Gasteiger partial charge in [0.15, 0.2) is 5.75 Å². The summed E-state index contributed by atoms with van der Waals surface area (Å²) in [7, 11) is 0. The highest BCUT2D eigenvalue weighted by Gasteiger charge is 2.07. The van der Waals surface area contributed by atoms with Gasteiger partial charge in [-0.05, 0) is 19.1 Å². The highest BCUT2D eigenvalue weighted by molar-refractivity contribution is 9.10. The van der Waals surface area contributed by atoms with Crippen LogP contribution in [0.4, 0.5) is 0 Å². The molecule has 0 bridgehead atoms. The molecule has 0 amide bonds. The quantitative estimate of drug-likeness (QED) is 0.784. The molecule has 0 spiro atoms. The average Bonchev–Trinajstić information content (AvgIpc) is 1.96.